The molecule has 0 aromatic heterocycles. The van der Waals surface area contributed by atoms with Gasteiger partial charge in [-0.05, 0) is 24.3 Å². The Kier molecular flexibility index (Phi) is 3.10. The minimum absolute atomic E-state index is 0.0640. The zero-order chi connectivity index (χ0) is 11.5. The van der Waals surface area contributed by atoms with E-state index in [0.29, 0.717) is 11.6 Å². The second-order valence-electron chi connectivity index (χ2n) is 3.96. The van der Waals surface area contributed by atoms with E-state index in [2.05, 4.69) is 5.32 Å². The second kappa shape index (κ2) is 4.53. The summed E-state index contributed by atoms with van der Waals surface area (Å²) in [6.07, 6.45) is 0. The van der Waals surface area contributed by atoms with E-state index in [-0.39, 0.29) is 5.91 Å². The van der Waals surface area contributed by atoms with E-state index in [1.807, 2.05) is 7.05 Å². The summed E-state index contributed by atoms with van der Waals surface area (Å²) < 4.78 is 5.05. The number of amides is 1. The van der Waals surface area contributed by atoms with Crippen LogP contribution >= 0.6 is 0 Å². The van der Waals surface area contributed by atoms with Gasteiger partial charge in [0.1, 0.15) is 5.75 Å². The maximum absolute atomic E-state index is 12.0. The van der Waals surface area contributed by atoms with E-state index in [4.69, 9.17) is 4.74 Å². The Balaban J connectivity index is 2.07. The van der Waals surface area contributed by atoms with E-state index in [0.717, 1.165) is 18.8 Å². The third kappa shape index (κ3) is 2.02. The Bertz CT molecular complexity index is 371. The number of nitrogens with one attached hydrogen (secondary N) is 1. The van der Waals surface area contributed by atoms with E-state index in [1.165, 1.54) is 0 Å². The summed E-state index contributed by atoms with van der Waals surface area (Å²) in [5.74, 6) is 0.832. The van der Waals surface area contributed by atoms with Gasteiger partial charge in [-0.3, -0.25) is 4.79 Å². The van der Waals surface area contributed by atoms with Gasteiger partial charge in [0.05, 0.1) is 13.2 Å². The molecule has 0 bridgehead atoms. The monoisotopic (exact) mass is 220 g/mol. The van der Waals surface area contributed by atoms with E-state index < -0.39 is 0 Å². The molecule has 1 aliphatic heterocycles. The first-order valence-electron chi connectivity index (χ1n) is 5.34. The number of carbonyl (C=O) groups is 1. The molecule has 1 N–H and O–H groups in total. The minimum Gasteiger partial charge on any atom is -0.497 e. The Hall–Kier alpha value is -1.55. The fraction of sp³-hybridized carbons (Fsp3) is 0.417. The highest BCUT2D eigenvalue weighted by atomic mass is 16.5. The van der Waals surface area contributed by atoms with Crippen LogP contribution in [0.4, 0.5) is 0 Å². The fourth-order valence-electron chi connectivity index (χ4n) is 1.65. The highest BCUT2D eigenvalue weighted by molar-refractivity contribution is 5.94. The van der Waals surface area contributed by atoms with Gasteiger partial charge >= 0.3 is 0 Å². The summed E-state index contributed by atoms with van der Waals surface area (Å²) in [7, 11) is 3.46. The molecule has 1 amide bonds. The molecule has 1 aromatic carbocycles. The molecular weight excluding hydrogens is 204 g/mol. The largest absolute Gasteiger partial charge is 0.497 e. The molecule has 1 saturated heterocycles. The lowest BCUT2D eigenvalue weighted by Crippen LogP contribution is -2.57. The number of carbonyl (C=O) groups excluding carboxylic acids is 1. The van der Waals surface area contributed by atoms with Gasteiger partial charge in [0.2, 0.25) is 0 Å². The van der Waals surface area contributed by atoms with Crippen molar-refractivity contribution in [3.8, 4) is 5.75 Å². The zero-order valence-electron chi connectivity index (χ0n) is 9.56. The highest BCUT2D eigenvalue weighted by Crippen LogP contribution is 2.14. The molecule has 0 unspecified atom stereocenters. The van der Waals surface area contributed by atoms with Crippen molar-refractivity contribution in [3.63, 3.8) is 0 Å². The fourth-order valence-corrected chi connectivity index (χ4v) is 1.65. The van der Waals surface area contributed by atoms with Crippen molar-refractivity contribution in [1.29, 1.82) is 0 Å². The van der Waals surface area contributed by atoms with Gasteiger partial charge in [-0.15, -0.1) is 0 Å². The second-order valence-corrected chi connectivity index (χ2v) is 3.96. The molecule has 1 heterocycles. The molecule has 0 atom stereocenters. The normalized spacial score (nSPS) is 15.4. The molecule has 4 nitrogen and oxygen atoms in total. The van der Waals surface area contributed by atoms with Crippen LogP contribution in [0.25, 0.3) is 0 Å². The molecule has 1 fully saturated rings. The number of rotatable bonds is 3. The average molecular weight is 220 g/mol. The number of hydrogen-bond donors (Lipinski definition) is 1. The minimum atomic E-state index is 0.0640. The van der Waals surface area contributed by atoms with Crippen molar-refractivity contribution in [2.45, 2.75) is 6.04 Å². The average Bonchev–Trinajstić information content (AvgIpc) is 2.26. The predicted octanol–water partition coefficient (Wildman–Crippen LogP) is 0.739. The van der Waals surface area contributed by atoms with Gasteiger partial charge in [-0.2, -0.15) is 0 Å². The number of methoxy groups -OCH3 is 1. The summed E-state index contributed by atoms with van der Waals surface area (Å²) in [6.45, 7) is 1.77. The van der Waals surface area contributed by atoms with Gasteiger partial charge in [-0.1, -0.05) is 0 Å². The van der Waals surface area contributed by atoms with Gasteiger partial charge in [0, 0.05) is 25.7 Å². The molecule has 1 aliphatic rings. The molecule has 4 heteroatoms. The third-order valence-corrected chi connectivity index (χ3v) is 2.96. The Morgan fingerprint density at radius 2 is 2.00 bits per heavy atom. The Morgan fingerprint density at radius 1 is 1.38 bits per heavy atom. The van der Waals surface area contributed by atoms with E-state index in [9.17, 15) is 4.79 Å². The molecular formula is C12H16N2O2. The van der Waals surface area contributed by atoms with Gasteiger partial charge < -0.3 is 15.0 Å². The first kappa shape index (κ1) is 11.0. The van der Waals surface area contributed by atoms with Gasteiger partial charge in [0.25, 0.3) is 5.91 Å². The molecule has 16 heavy (non-hydrogen) atoms. The van der Waals surface area contributed by atoms with Crippen molar-refractivity contribution >= 4 is 5.91 Å². The number of likely N-dealkylation sites (N-methyl/N-ethyl adjacent to an activating group) is 1. The number of ether oxygens (including phenoxy) is 1. The van der Waals surface area contributed by atoms with Crippen molar-refractivity contribution in [2.24, 2.45) is 0 Å². The van der Waals surface area contributed by atoms with Crippen LogP contribution in [0.2, 0.25) is 0 Å². The highest BCUT2D eigenvalue weighted by Gasteiger charge is 2.25. The first-order chi connectivity index (χ1) is 7.72. The van der Waals surface area contributed by atoms with Crippen LogP contribution in [0.15, 0.2) is 24.3 Å². The molecule has 2 rings (SSSR count). The standard InChI is InChI=1S/C12H16N2O2/c1-14(10-7-13-8-10)12(15)9-3-5-11(16-2)6-4-9/h3-6,10,13H,7-8H2,1-2H3. The summed E-state index contributed by atoms with van der Waals surface area (Å²) in [5, 5.41) is 3.15. The smallest absolute Gasteiger partial charge is 0.253 e. The molecule has 0 saturated carbocycles. The summed E-state index contributed by atoms with van der Waals surface area (Å²) in [4.78, 5) is 13.8. The molecule has 0 spiro atoms. The van der Waals surface area contributed by atoms with Crippen LogP contribution in [0.5, 0.6) is 5.75 Å². The number of nitrogens with zero attached hydrogens (tertiary/aromatic N) is 1. The van der Waals surface area contributed by atoms with Crippen LogP contribution in [0.1, 0.15) is 10.4 Å². The first-order valence-corrected chi connectivity index (χ1v) is 5.34. The lowest BCUT2D eigenvalue weighted by Gasteiger charge is -2.35. The van der Waals surface area contributed by atoms with Gasteiger partial charge in [-0.25, -0.2) is 0 Å². The van der Waals surface area contributed by atoms with Crippen molar-refractivity contribution < 1.29 is 9.53 Å². The summed E-state index contributed by atoms with van der Waals surface area (Å²) in [5.41, 5.74) is 0.704. The summed E-state index contributed by atoms with van der Waals surface area (Å²) in [6, 6.07) is 7.53. The van der Waals surface area contributed by atoms with Crippen molar-refractivity contribution in [1.82, 2.24) is 10.2 Å². The Morgan fingerprint density at radius 3 is 2.44 bits per heavy atom. The van der Waals surface area contributed by atoms with Crippen LogP contribution in [-0.4, -0.2) is 44.1 Å². The van der Waals surface area contributed by atoms with E-state index in [1.54, 1.807) is 36.3 Å². The number of hydrogen-bond acceptors (Lipinski definition) is 3. The van der Waals surface area contributed by atoms with Crippen molar-refractivity contribution in [2.75, 3.05) is 27.2 Å². The molecule has 1 aromatic rings. The maximum atomic E-state index is 12.0. The maximum Gasteiger partial charge on any atom is 0.253 e. The molecule has 0 radical (unpaired) electrons. The van der Waals surface area contributed by atoms with Crippen LogP contribution < -0.4 is 10.1 Å². The SMILES string of the molecule is COc1ccc(C(=O)N(C)C2CNC2)cc1. The lowest BCUT2D eigenvalue weighted by atomic mass is 10.1. The van der Waals surface area contributed by atoms with Crippen LogP contribution in [-0.2, 0) is 0 Å². The molecule has 86 valence electrons. The zero-order valence-corrected chi connectivity index (χ0v) is 9.56. The quantitative estimate of drug-likeness (QED) is 0.817. The summed E-state index contributed by atoms with van der Waals surface area (Å²) >= 11 is 0. The lowest BCUT2D eigenvalue weighted by molar-refractivity contribution is 0.0681. The topological polar surface area (TPSA) is 41.6 Å². The molecule has 0 aliphatic carbocycles. The Labute approximate surface area is 95.2 Å². The van der Waals surface area contributed by atoms with Crippen molar-refractivity contribution in [3.05, 3.63) is 29.8 Å². The van der Waals surface area contributed by atoms with E-state index >= 15 is 0 Å². The number of benzene rings is 1. The van der Waals surface area contributed by atoms with Gasteiger partial charge in [0.15, 0.2) is 0 Å². The van der Waals surface area contributed by atoms with Crippen LogP contribution in [0, 0.1) is 0 Å². The third-order valence-electron chi connectivity index (χ3n) is 2.96. The predicted molar refractivity (Wildman–Crippen MR) is 61.7 cm³/mol. The van der Waals surface area contributed by atoms with Crippen LogP contribution in [0.3, 0.4) is 0 Å².